The molecule has 0 spiro atoms. The number of aromatic hydroxyl groups is 1. The highest BCUT2D eigenvalue weighted by Crippen LogP contribution is 2.50. The standard InChI is InChI=1S/C27H30O8/c1-30-19-7-5-6-16(10-19)8-9-17-11-20(29)25(21(12-17)31-2)26-22(32-3)13-18(14-23(26)33-4)27-24(15-28)34-35-27/h5-7,10-14,24,27-29H,8-9,15H2,1-4H3. The van der Waals surface area contributed by atoms with E-state index >= 15 is 0 Å². The molecule has 2 N–H and O–H groups in total. The number of hydrogen-bond acceptors (Lipinski definition) is 8. The normalized spacial score (nSPS) is 16.9. The molecule has 186 valence electrons. The van der Waals surface area contributed by atoms with E-state index in [0.717, 1.165) is 28.9 Å². The van der Waals surface area contributed by atoms with Crippen molar-refractivity contribution in [1.82, 2.24) is 0 Å². The van der Waals surface area contributed by atoms with Crippen LogP contribution in [0, 0.1) is 0 Å². The Morgan fingerprint density at radius 1 is 0.743 bits per heavy atom. The molecule has 0 radical (unpaired) electrons. The van der Waals surface area contributed by atoms with Crippen LogP contribution in [0.4, 0.5) is 0 Å². The third-order valence-corrected chi connectivity index (χ3v) is 6.10. The summed E-state index contributed by atoms with van der Waals surface area (Å²) < 4.78 is 22.3. The third-order valence-electron chi connectivity index (χ3n) is 6.10. The van der Waals surface area contributed by atoms with Crippen molar-refractivity contribution in [3.63, 3.8) is 0 Å². The zero-order valence-electron chi connectivity index (χ0n) is 20.2. The van der Waals surface area contributed by atoms with Crippen LogP contribution in [0.1, 0.15) is 22.8 Å². The zero-order valence-corrected chi connectivity index (χ0v) is 20.2. The monoisotopic (exact) mass is 482 g/mol. The van der Waals surface area contributed by atoms with E-state index in [1.807, 2.05) is 30.3 Å². The number of benzene rings is 3. The van der Waals surface area contributed by atoms with Crippen molar-refractivity contribution in [2.45, 2.75) is 25.0 Å². The summed E-state index contributed by atoms with van der Waals surface area (Å²) in [5, 5.41) is 20.6. The van der Waals surface area contributed by atoms with Crippen molar-refractivity contribution >= 4 is 0 Å². The second-order valence-corrected chi connectivity index (χ2v) is 8.18. The van der Waals surface area contributed by atoms with Gasteiger partial charge in [0.25, 0.3) is 0 Å². The van der Waals surface area contributed by atoms with Gasteiger partial charge in [0.05, 0.1) is 46.2 Å². The van der Waals surface area contributed by atoms with Gasteiger partial charge in [-0.15, -0.1) is 0 Å². The number of methoxy groups -OCH3 is 4. The van der Waals surface area contributed by atoms with E-state index < -0.39 is 12.2 Å². The minimum atomic E-state index is -0.470. The first-order valence-corrected chi connectivity index (χ1v) is 11.2. The Bertz CT molecular complexity index is 1150. The van der Waals surface area contributed by atoms with Gasteiger partial charge in [-0.3, -0.25) is 0 Å². The van der Waals surface area contributed by atoms with Crippen molar-refractivity contribution in [2.24, 2.45) is 0 Å². The first-order valence-electron chi connectivity index (χ1n) is 11.2. The minimum Gasteiger partial charge on any atom is -0.507 e. The molecule has 0 amide bonds. The van der Waals surface area contributed by atoms with Crippen LogP contribution in [0.5, 0.6) is 28.7 Å². The summed E-state index contributed by atoms with van der Waals surface area (Å²) in [7, 11) is 6.28. The largest absolute Gasteiger partial charge is 0.507 e. The number of phenolic OH excluding ortho intramolecular Hbond substituents is 1. The Morgan fingerprint density at radius 2 is 1.40 bits per heavy atom. The third kappa shape index (κ3) is 5.00. The van der Waals surface area contributed by atoms with E-state index in [1.54, 1.807) is 32.4 Å². The number of aliphatic hydroxyl groups excluding tert-OH is 1. The maximum Gasteiger partial charge on any atom is 0.150 e. The SMILES string of the molecule is COc1cccc(CCc2cc(O)c(-c3c(OC)cc(C4OOC4CO)cc3OC)c(OC)c2)c1. The van der Waals surface area contributed by atoms with Gasteiger partial charge in [-0.25, -0.2) is 9.78 Å². The topological polar surface area (TPSA) is 95.8 Å². The lowest BCUT2D eigenvalue weighted by Crippen LogP contribution is -2.38. The number of aryl methyl sites for hydroxylation is 2. The highest BCUT2D eigenvalue weighted by atomic mass is 17.2. The Labute approximate surface area is 204 Å². The van der Waals surface area contributed by atoms with Gasteiger partial charge in [-0.05, 0) is 65.9 Å². The fourth-order valence-electron chi connectivity index (χ4n) is 4.26. The predicted molar refractivity (Wildman–Crippen MR) is 129 cm³/mol. The van der Waals surface area contributed by atoms with Gasteiger partial charge in [-0.2, -0.15) is 0 Å². The number of ether oxygens (including phenoxy) is 4. The van der Waals surface area contributed by atoms with Gasteiger partial charge >= 0.3 is 0 Å². The second kappa shape index (κ2) is 10.9. The van der Waals surface area contributed by atoms with E-state index in [0.29, 0.717) is 34.8 Å². The molecule has 8 nitrogen and oxygen atoms in total. The van der Waals surface area contributed by atoms with Crippen LogP contribution in [0.2, 0.25) is 0 Å². The van der Waals surface area contributed by atoms with E-state index in [1.165, 1.54) is 14.2 Å². The fourth-order valence-corrected chi connectivity index (χ4v) is 4.26. The van der Waals surface area contributed by atoms with E-state index in [-0.39, 0.29) is 12.4 Å². The quantitative estimate of drug-likeness (QED) is 0.414. The summed E-state index contributed by atoms with van der Waals surface area (Å²) >= 11 is 0. The van der Waals surface area contributed by atoms with Gasteiger partial charge in [0.1, 0.15) is 41.0 Å². The van der Waals surface area contributed by atoms with Crippen LogP contribution < -0.4 is 18.9 Å². The van der Waals surface area contributed by atoms with Crippen LogP contribution in [-0.4, -0.2) is 51.4 Å². The molecule has 1 aliphatic rings. The molecule has 1 fully saturated rings. The van der Waals surface area contributed by atoms with Gasteiger partial charge in [0.15, 0.2) is 0 Å². The molecule has 1 saturated heterocycles. The molecule has 0 aliphatic carbocycles. The lowest BCUT2D eigenvalue weighted by atomic mass is 9.94. The molecule has 4 rings (SSSR count). The van der Waals surface area contributed by atoms with Crippen molar-refractivity contribution in [3.05, 3.63) is 65.2 Å². The number of hydrogen-bond donors (Lipinski definition) is 2. The maximum absolute atomic E-state index is 11.1. The smallest absolute Gasteiger partial charge is 0.150 e. The lowest BCUT2D eigenvalue weighted by Gasteiger charge is -2.34. The van der Waals surface area contributed by atoms with Gasteiger partial charge in [0, 0.05) is 0 Å². The summed E-state index contributed by atoms with van der Waals surface area (Å²) in [6.45, 7) is -0.178. The van der Waals surface area contributed by atoms with Gasteiger partial charge in [0.2, 0.25) is 0 Å². The number of aliphatic hydroxyl groups is 1. The molecular formula is C27H30O8. The molecule has 3 aromatic rings. The fraction of sp³-hybridized carbons (Fsp3) is 0.333. The molecule has 35 heavy (non-hydrogen) atoms. The Balaban J connectivity index is 1.69. The summed E-state index contributed by atoms with van der Waals surface area (Å²) in [5.41, 5.74) is 3.79. The first kappa shape index (κ1) is 24.7. The molecule has 0 saturated carbocycles. The van der Waals surface area contributed by atoms with Crippen molar-refractivity contribution in [3.8, 4) is 39.9 Å². The summed E-state index contributed by atoms with van der Waals surface area (Å²) in [4.78, 5) is 10.1. The summed E-state index contributed by atoms with van der Waals surface area (Å²) in [6.07, 6.45) is 0.552. The van der Waals surface area contributed by atoms with Crippen LogP contribution in [0.15, 0.2) is 48.5 Å². The second-order valence-electron chi connectivity index (χ2n) is 8.18. The van der Waals surface area contributed by atoms with E-state index in [2.05, 4.69) is 0 Å². The van der Waals surface area contributed by atoms with Crippen LogP contribution in [0.3, 0.4) is 0 Å². The molecule has 0 bridgehead atoms. The van der Waals surface area contributed by atoms with E-state index in [4.69, 9.17) is 28.7 Å². The molecule has 1 aliphatic heterocycles. The van der Waals surface area contributed by atoms with Gasteiger partial charge < -0.3 is 29.2 Å². The molecule has 2 atom stereocenters. The average Bonchev–Trinajstić information content (AvgIpc) is 2.86. The summed E-state index contributed by atoms with van der Waals surface area (Å²) in [6, 6.07) is 15.1. The molecule has 3 aromatic carbocycles. The average molecular weight is 483 g/mol. The Kier molecular flexibility index (Phi) is 7.65. The van der Waals surface area contributed by atoms with Crippen LogP contribution in [0.25, 0.3) is 11.1 Å². The lowest BCUT2D eigenvalue weighted by molar-refractivity contribution is -0.473. The van der Waals surface area contributed by atoms with Crippen molar-refractivity contribution in [1.29, 1.82) is 0 Å². The highest BCUT2D eigenvalue weighted by molar-refractivity contribution is 5.86. The molecule has 2 unspecified atom stereocenters. The molecule has 1 heterocycles. The van der Waals surface area contributed by atoms with E-state index in [9.17, 15) is 10.2 Å². The summed E-state index contributed by atoms with van der Waals surface area (Å²) in [5.74, 6) is 2.27. The Morgan fingerprint density at radius 3 is 1.97 bits per heavy atom. The maximum atomic E-state index is 11.1. The Hall–Kier alpha value is -3.46. The van der Waals surface area contributed by atoms with Crippen LogP contribution >= 0.6 is 0 Å². The predicted octanol–water partition coefficient (Wildman–Crippen LogP) is 4.24. The minimum absolute atomic E-state index is 0.0470. The van der Waals surface area contributed by atoms with Crippen molar-refractivity contribution < 1.29 is 38.9 Å². The number of rotatable bonds is 10. The highest BCUT2D eigenvalue weighted by Gasteiger charge is 2.37. The van der Waals surface area contributed by atoms with Crippen molar-refractivity contribution in [2.75, 3.05) is 35.0 Å². The molecular weight excluding hydrogens is 452 g/mol. The molecule has 8 heteroatoms. The van der Waals surface area contributed by atoms with Crippen LogP contribution in [-0.2, 0) is 22.6 Å². The number of phenols is 1. The van der Waals surface area contributed by atoms with Gasteiger partial charge in [-0.1, -0.05) is 12.1 Å². The first-order chi connectivity index (χ1) is 17.0. The molecule has 0 aromatic heterocycles. The zero-order chi connectivity index (χ0) is 24.9.